The molecule has 0 amide bonds. The van der Waals surface area contributed by atoms with Crippen molar-refractivity contribution in [1.29, 1.82) is 0 Å². The summed E-state index contributed by atoms with van der Waals surface area (Å²) in [6.45, 7) is 0.327. The zero-order valence-electron chi connectivity index (χ0n) is 10.8. The number of rotatable bonds is 4. The van der Waals surface area contributed by atoms with Gasteiger partial charge in [-0.15, -0.1) is 0 Å². The van der Waals surface area contributed by atoms with Crippen molar-refractivity contribution in [2.75, 3.05) is 12.3 Å². The van der Waals surface area contributed by atoms with Crippen molar-refractivity contribution in [3.05, 3.63) is 29.8 Å². The molecule has 2 rings (SSSR count). The van der Waals surface area contributed by atoms with Gasteiger partial charge in [0.15, 0.2) is 0 Å². The summed E-state index contributed by atoms with van der Waals surface area (Å²) in [7, 11) is 0. The summed E-state index contributed by atoms with van der Waals surface area (Å²) < 4.78 is 0. The fraction of sp³-hybridized carbons (Fsp3) is 0.385. The molecule has 0 bridgehead atoms. The second kappa shape index (κ2) is 5.10. The van der Waals surface area contributed by atoms with E-state index in [4.69, 9.17) is 16.6 Å². The predicted molar refractivity (Wildman–Crippen MR) is 71.9 cm³/mol. The Morgan fingerprint density at radius 2 is 1.90 bits per heavy atom. The van der Waals surface area contributed by atoms with Crippen molar-refractivity contribution in [2.45, 2.75) is 24.5 Å². The van der Waals surface area contributed by atoms with Crippen LogP contribution in [0.4, 0.5) is 5.69 Å². The monoisotopic (exact) mass is 279 g/mol. The van der Waals surface area contributed by atoms with Crippen LogP contribution in [-0.2, 0) is 16.1 Å². The van der Waals surface area contributed by atoms with Gasteiger partial charge in [-0.25, -0.2) is 0 Å². The van der Waals surface area contributed by atoms with Gasteiger partial charge in [0, 0.05) is 25.2 Å². The van der Waals surface area contributed by atoms with Crippen LogP contribution in [0.5, 0.6) is 0 Å². The summed E-state index contributed by atoms with van der Waals surface area (Å²) in [5, 5.41) is 18.3. The minimum atomic E-state index is -1.52. The van der Waals surface area contributed by atoms with Gasteiger partial charge in [0.2, 0.25) is 0 Å². The maximum atomic E-state index is 11.3. The smallest absolute Gasteiger partial charge is 0.325 e. The number of benzene rings is 1. The molecule has 2 atom stereocenters. The predicted octanol–water partition coefficient (Wildman–Crippen LogP) is -0.290. The number of hydrogen-bond acceptors (Lipinski definition) is 5. The topological polar surface area (TPSA) is 130 Å². The molecule has 0 unspecified atom stereocenters. The molecular formula is C13H17N3O4. The fourth-order valence-corrected chi connectivity index (χ4v) is 2.43. The molecule has 0 aliphatic carbocycles. The van der Waals surface area contributed by atoms with E-state index in [1.54, 1.807) is 29.2 Å². The van der Waals surface area contributed by atoms with Crippen LogP contribution < -0.4 is 11.5 Å². The number of anilines is 1. The highest BCUT2D eigenvalue weighted by atomic mass is 16.4. The zero-order chi connectivity index (χ0) is 14.9. The van der Waals surface area contributed by atoms with Crippen LogP contribution in [0, 0.1) is 0 Å². The van der Waals surface area contributed by atoms with Crippen molar-refractivity contribution in [1.82, 2.24) is 4.90 Å². The number of nitrogens with zero attached hydrogens (tertiary/aromatic N) is 1. The number of nitrogen functional groups attached to an aromatic ring is 1. The molecule has 1 fully saturated rings. The lowest BCUT2D eigenvalue weighted by molar-refractivity contribution is -0.142. The Balaban J connectivity index is 2.18. The standard InChI is InChI=1S/C13H17N3O4/c14-9-3-1-8(2-4-9)6-16-7-13(15,12(19)20)5-10(16)11(17)18/h1-4,10H,5-7,14-15H2,(H,17,18)(H,19,20)/t10-,13-/m1/s1. The molecule has 1 saturated heterocycles. The molecule has 0 radical (unpaired) electrons. The fourth-order valence-electron chi connectivity index (χ4n) is 2.43. The Morgan fingerprint density at radius 3 is 2.40 bits per heavy atom. The van der Waals surface area contributed by atoms with Crippen LogP contribution in [0.25, 0.3) is 0 Å². The molecule has 1 aromatic rings. The highest BCUT2D eigenvalue weighted by Gasteiger charge is 2.49. The average molecular weight is 279 g/mol. The number of carboxylic acid groups (broad SMARTS) is 2. The Morgan fingerprint density at radius 1 is 1.30 bits per heavy atom. The number of nitrogens with two attached hydrogens (primary N) is 2. The summed E-state index contributed by atoms with van der Waals surface area (Å²) in [5.74, 6) is -2.24. The first-order valence-electron chi connectivity index (χ1n) is 6.15. The van der Waals surface area contributed by atoms with E-state index in [0.717, 1.165) is 5.56 Å². The molecule has 1 heterocycles. The van der Waals surface area contributed by atoms with E-state index in [0.29, 0.717) is 12.2 Å². The van der Waals surface area contributed by atoms with Crippen LogP contribution in [0.1, 0.15) is 12.0 Å². The Kier molecular flexibility index (Phi) is 3.65. The van der Waals surface area contributed by atoms with Gasteiger partial charge >= 0.3 is 11.9 Å². The van der Waals surface area contributed by atoms with Gasteiger partial charge in [0.25, 0.3) is 0 Å². The van der Waals surface area contributed by atoms with E-state index in [9.17, 15) is 14.7 Å². The van der Waals surface area contributed by atoms with E-state index >= 15 is 0 Å². The number of carboxylic acids is 2. The molecule has 0 aromatic heterocycles. The summed E-state index contributed by atoms with van der Waals surface area (Å²) in [6.07, 6.45) is -0.105. The Labute approximate surface area is 115 Å². The molecule has 7 heteroatoms. The first kappa shape index (κ1) is 14.3. The average Bonchev–Trinajstić information content (AvgIpc) is 2.71. The van der Waals surface area contributed by atoms with Crippen molar-refractivity contribution in [3.63, 3.8) is 0 Å². The van der Waals surface area contributed by atoms with E-state index < -0.39 is 23.5 Å². The Hall–Kier alpha value is -2.12. The SMILES string of the molecule is Nc1ccc(CN2C[C@@](N)(C(=O)O)C[C@@H]2C(=O)O)cc1. The van der Waals surface area contributed by atoms with Gasteiger partial charge in [0.1, 0.15) is 11.6 Å². The van der Waals surface area contributed by atoms with Crippen LogP contribution in [0.2, 0.25) is 0 Å². The van der Waals surface area contributed by atoms with Crippen molar-refractivity contribution in [2.24, 2.45) is 5.73 Å². The molecule has 108 valence electrons. The van der Waals surface area contributed by atoms with Gasteiger partial charge in [-0.2, -0.15) is 0 Å². The minimum absolute atomic E-state index is 0.00365. The molecular weight excluding hydrogens is 262 g/mol. The number of aliphatic carboxylic acids is 2. The number of carbonyl (C=O) groups is 2. The molecule has 1 aromatic carbocycles. The lowest BCUT2D eigenvalue weighted by Crippen LogP contribution is -2.50. The molecule has 0 saturated carbocycles. The highest BCUT2D eigenvalue weighted by molar-refractivity contribution is 5.83. The Bertz CT molecular complexity index is 531. The van der Waals surface area contributed by atoms with Gasteiger partial charge < -0.3 is 21.7 Å². The van der Waals surface area contributed by atoms with E-state index in [-0.39, 0.29) is 13.0 Å². The van der Waals surface area contributed by atoms with Gasteiger partial charge in [-0.05, 0) is 17.7 Å². The highest BCUT2D eigenvalue weighted by Crippen LogP contribution is 2.27. The number of likely N-dealkylation sites (tertiary alicyclic amines) is 1. The van der Waals surface area contributed by atoms with Crippen LogP contribution in [-0.4, -0.2) is 45.2 Å². The third-order valence-corrected chi connectivity index (χ3v) is 3.56. The second-order valence-electron chi connectivity index (χ2n) is 5.17. The second-order valence-corrected chi connectivity index (χ2v) is 5.17. The molecule has 6 N–H and O–H groups in total. The summed E-state index contributed by atoms with van der Waals surface area (Å²) in [6, 6.07) is 6.10. The largest absolute Gasteiger partial charge is 0.480 e. The number of hydrogen-bond donors (Lipinski definition) is 4. The third-order valence-electron chi connectivity index (χ3n) is 3.56. The summed E-state index contributed by atoms with van der Waals surface area (Å²) >= 11 is 0. The normalized spacial score (nSPS) is 26.6. The molecule has 1 aliphatic rings. The maximum Gasteiger partial charge on any atom is 0.325 e. The van der Waals surface area contributed by atoms with Crippen LogP contribution in [0.3, 0.4) is 0 Å². The van der Waals surface area contributed by atoms with Gasteiger partial charge in [0.05, 0.1) is 0 Å². The quantitative estimate of drug-likeness (QED) is 0.557. The third kappa shape index (κ3) is 2.73. The first-order valence-corrected chi connectivity index (χ1v) is 6.15. The van der Waals surface area contributed by atoms with E-state index in [1.807, 2.05) is 0 Å². The minimum Gasteiger partial charge on any atom is -0.480 e. The molecule has 20 heavy (non-hydrogen) atoms. The van der Waals surface area contributed by atoms with Crippen molar-refractivity contribution < 1.29 is 19.8 Å². The van der Waals surface area contributed by atoms with Crippen LogP contribution >= 0.6 is 0 Å². The maximum absolute atomic E-state index is 11.3. The van der Waals surface area contributed by atoms with E-state index in [2.05, 4.69) is 0 Å². The lowest BCUT2D eigenvalue weighted by Gasteiger charge is -2.21. The summed E-state index contributed by atoms with van der Waals surface area (Å²) in [4.78, 5) is 24.0. The van der Waals surface area contributed by atoms with E-state index in [1.165, 1.54) is 0 Å². The van der Waals surface area contributed by atoms with Crippen molar-refractivity contribution in [3.8, 4) is 0 Å². The van der Waals surface area contributed by atoms with Gasteiger partial charge in [-0.3, -0.25) is 14.5 Å². The first-order chi connectivity index (χ1) is 9.32. The van der Waals surface area contributed by atoms with Crippen molar-refractivity contribution >= 4 is 17.6 Å². The molecule has 7 nitrogen and oxygen atoms in total. The zero-order valence-corrected chi connectivity index (χ0v) is 10.8. The molecule has 1 aliphatic heterocycles. The lowest BCUT2D eigenvalue weighted by atomic mass is 9.98. The van der Waals surface area contributed by atoms with Gasteiger partial charge in [-0.1, -0.05) is 12.1 Å². The van der Waals surface area contributed by atoms with Crippen LogP contribution in [0.15, 0.2) is 24.3 Å². The molecule has 0 spiro atoms. The summed E-state index contributed by atoms with van der Waals surface area (Å²) in [5.41, 5.74) is 11.3.